The fourth-order valence-corrected chi connectivity index (χ4v) is 0.542. The van der Waals surface area contributed by atoms with Crippen molar-refractivity contribution in [3.05, 3.63) is 12.2 Å². The first kappa shape index (κ1) is 16.4. The van der Waals surface area contributed by atoms with Gasteiger partial charge in [-0.05, 0) is 6.92 Å². The van der Waals surface area contributed by atoms with Crippen molar-refractivity contribution in [2.45, 2.75) is 24.9 Å². The molecule has 0 unspecified atom stereocenters. The van der Waals surface area contributed by atoms with Gasteiger partial charge in [-0.2, -0.15) is 30.7 Å². The largest absolute Gasteiger partial charge is 0.460 e. The maximum absolute atomic E-state index is 12.6. The summed E-state index contributed by atoms with van der Waals surface area (Å²) in [6.07, 6.45) is -6.68. The van der Waals surface area contributed by atoms with Crippen LogP contribution in [0.15, 0.2) is 12.2 Å². The van der Waals surface area contributed by atoms with Crippen molar-refractivity contribution in [1.29, 1.82) is 0 Å². The number of carbonyl (C=O) groups is 2. The molecule has 0 aromatic heterocycles. The molecule has 0 saturated carbocycles. The Bertz CT molecular complexity index is 383. The van der Waals surface area contributed by atoms with Crippen LogP contribution in [0.5, 0.6) is 0 Å². The van der Waals surface area contributed by atoms with Gasteiger partial charge in [0.25, 0.3) is 0 Å². The van der Waals surface area contributed by atoms with Gasteiger partial charge in [-0.1, -0.05) is 6.58 Å². The second-order valence-electron chi connectivity index (χ2n) is 3.10. The van der Waals surface area contributed by atoms with Crippen LogP contribution >= 0.6 is 0 Å². The molecule has 0 aromatic rings. The average Bonchev–Trinajstić information content (AvgIpc) is 2.14. The van der Waals surface area contributed by atoms with E-state index >= 15 is 0 Å². The normalized spacial score (nSPS) is 13.1. The Morgan fingerprint density at radius 2 is 1.39 bits per heavy atom. The summed E-state index contributed by atoms with van der Waals surface area (Å²) in [5, 5.41) is 0. The molecule has 18 heavy (non-hydrogen) atoms. The molecule has 0 bridgehead atoms. The molecule has 0 spiro atoms. The molecule has 0 N–H and O–H groups in total. The van der Waals surface area contributed by atoms with Crippen molar-refractivity contribution in [2.24, 2.45) is 0 Å². The molecule has 0 amide bonds. The van der Waals surface area contributed by atoms with Crippen molar-refractivity contribution < 1.29 is 45.1 Å². The zero-order valence-electron chi connectivity index (χ0n) is 8.58. The van der Waals surface area contributed by atoms with Crippen LogP contribution in [0, 0.1) is 0 Å². The predicted molar refractivity (Wildman–Crippen MR) is 41.9 cm³/mol. The van der Waals surface area contributed by atoms with Crippen molar-refractivity contribution in [3.8, 4) is 0 Å². The third-order valence-electron chi connectivity index (χ3n) is 1.54. The summed E-state index contributed by atoms with van der Waals surface area (Å²) in [5.74, 6) is -18.0. The van der Waals surface area contributed by atoms with Gasteiger partial charge in [-0.15, -0.1) is 0 Å². The van der Waals surface area contributed by atoms with Crippen molar-refractivity contribution in [2.75, 3.05) is 0 Å². The van der Waals surface area contributed by atoms with Gasteiger partial charge in [0.2, 0.25) is 0 Å². The van der Waals surface area contributed by atoms with Crippen molar-refractivity contribution in [3.63, 3.8) is 0 Å². The van der Waals surface area contributed by atoms with Crippen LogP contribution in [0.25, 0.3) is 0 Å². The maximum atomic E-state index is 12.6. The van der Waals surface area contributed by atoms with E-state index in [1.807, 2.05) is 0 Å². The zero-order chi connectivity index (χ0) is 14.9. The summed E-state index contributed by atoms with van der Waals surface area (Å²) in [7, 11) is 0. The summed E-state index contributed by atoms with van der Waals surface area (Å²) in [4.78, 5) is 21.0. The molecule has 0 saturated heterocycles. The lowest BCUT2D eigenvalue weighted by Crippen LogP contribution is -2.57. The highest BCUT2D eigenvalue weighted by molar-refractivity contribution is 5.97. The van der Waals surface area contributed by atoms with E-state index in [2.05, 4.69) is 11.3 Å². The molecular weight excluding hydrogens is 277 g/mol. The number of hydrogen-bond acceptors (Lipinski definition) is 3. The van der Waals surface area contributed by atoms with E-state index in [0.29, 0.717) is 0 Å². The second kappa shape index (κ2) is 4.58. The van der Waals surface area contributed by atoms with E-state index in [1.54, 1.807) is 0 Å². The number of hydrogen-bond donors (Lipinski definition) is 0. The molecule has 0 aliphatic heterocycles. The molecule has 0 aromatic carbocycles. The van der Waals surface area contributed by atoms with Gasteiger partial charge in [0, 0.05) is 5.57 Å². The Hall–Kier alpha value is -1.61. The van der Waals surface area contributed by atoms with Crippen LogP contribution in [0.1, 0.15) is 6.92 Å². The Balaban J connectivity index is 5.22. The number of halogens is 7. The van der Waals surface area contributed by atoms with Crippen LogP contribution in [0.2, 0.25) is 0 Å². The lowest BCUT2D eigenvalue weighted by Gasteiger charge is -2.25. The first-order valence-electron chi connectivity index (χ1n) is 3.99. The van der Waals surface area contributed by atoms with Crippen LogP contribution in [0.3, 0.4) is 0 Å². The zero-order valence-corrected chi connectivity index (χ0v) is 8.58. The highest BCUT2D eigenvalue weighted by Crippen LogP contribution is 2.46. The summed E-state index contributed by atoms with van der Waals surface area (Å²) in [5.41, 5.74) is -0.630. The standard InChI is InChI=1S/C8H5F7O3/c1-3(2)4(16)18-5(17)6(9,10)7(11,12)8(13,14)15/h1H2,2H3. The topological polar surface area (TPSA) is 43.4 Å². The van der Waals surface area contributed by atoms with Gasteiger partial charge >= 0.3 is 30.0 Å². The molecule has 3 nitrogen and oxygen atoms in total. The van der Waals surface area contributed by atoms with Gasteiger partial charge in [0.05, 0.1) is 0 Å². The van der Waals surface area contributed by atoms with Gasteiger partial charge in [0.15, 0.2) is 0 Å². The Morgan fingerprint density at radius 3 is 1.67 bits per heavy atom. The molecule has 0 rings (SSSR count). The van der Waals surface area contributed by atoms with Gasteiger partial charge in [-0.3, -0.25) is 0 Å². The lowest BCUT2D eigenvalue weighted by atomic mass is 10.1. The summed E-state index contributed by atoms with van der Waals surface area (Å²) in [6, 6.07) is 0. The summed E-state index contributed by atoms with van der Waals surface area (Å²) >= 11 is 0. The SMILES string of the molecule is C=C(C)C(=O)OC(=O)C(F)(F)C(F)(F)C(F)(F)F. The molecule has 0 atom stereocenters. The first-order valence-corrected chi connectivity index (χ1v) is 3.99. The highest BCUT2D eigenvalue weighted by Gasteiger charge is 2.77. The molecule has 0 fully saturated rings. The molecule has 0 radical (unpaired) electrons. The Kier molecular flexibility index (Phi) is 4.17. The van der Waals surface area contributed by atoms with Gasteiger partial charge < -0.3 is 4.74 Å². The summed E-state index contributed by atoms with van der Waals surface area (Å²) in [6.45, 7) is 3.69. The average molecular weight is 282 g/mol. The van der Waals surface area contributed by atoms with E-state index in [-0.39, 0.29) is 0 Å². The van der Waals surface area contributed by atoms with Crippen molar-refractivity contribution >= 4 is 11.9 Å². The molecule has 0 aliphatic rings. The first-order chi connectivity index (χ1) is 7.75. The molecule has 0 aliphatic carbocycles. The third-order valence-corrected chi connectivity index (χ3v) is 1.54. The maximum Gasteiger partial charge on any atom is 0.460 e. The van der Waals surface area contributed by atoms with E-state index in [4.69, 9.17) is 0 Å². The van der Waals surface area contributed by atoms with E-state index in [0.717, 1.165) is 6.92 Å². The number of esters is 2. The van der Waals surface area contributed by atoms with Crippen LogP contribution in [0.4, 0.5) is 30.7 Å². The molecule has 104 valence electrons. The third kappa shape index (κ3) is 2.79. The minimum Gasteiger partial charge on any atom is -0.385 e. The number of rotatable bonds is 3. The fourth-order valence-electron chi connectivity index (χ4n) is 0.542. The Labute approximate surface area is 95.2 Å². The lowest BCUT2D eigenvalue weighted by molar-refractivity contribution is -0.347. The number of ether oxygens (including phenoxy) is 1. The predicted octanol–water partition coefficient (Wildman–Crippen LogP) is 2.47. The van der Waals surface area contributed by atoms with Crippen molar-refractivity contribution in [1.82, 2.24) is 0 Å². The van der Waals surface area contributed by atoms with Gasteiger partial charge in [-0.25, -0.2) is 9.59 Å². The molecule has 10 heteroatoms. The van der Waals surface area contributed by atoms with Crippen LogP contribution in [-0.2, 0) is 14.3 Å². The second-order valence-corrected chi connectivity index (χ2v) is 3.10. The minimum absolute atomic E-state index is 0.630. The molecule has 0 heterocycles. The van der Waals surface area contributed by atoms with Gasteiger partial charge in [0.1, 0.15) is 0 Å². The van der Waals surface area contributed by atoms with E-state index in [1.165, 1.54) is 0 Å². The monoisotopic (exact) mass is 282 g/mol. The highest BCUT2D eigenvalue weighted by atomic mass is 19.4. The fraction of sp³-hybridized carbons (Fsp3) is 0.500. The number of alkyl halides is 7. The quantitative estimate of drug-likeness (QED) is 0.345. The Morgan fingerprint density at radius 1 is 1.00 bits per heavy atom. The minimum atomic E-state index is -6.68. The van der Waals surface area contributed by atoms with E-state index < -0.39 is 35.5 Å². The summed E-state index contributed by atoms with van der Waals surface area (Å²) < 4.78 is 87.9. The van der Waals surface area contributed by atoms with E-state index in [9.17, 15) is 40.3 Å². The van der Waals surface area contributed by atoms with Crippen LogP contribution < -0.4 is 0 Å². The number of carbonyl (C=O) groups excluding carboxylic acids is 2. The van der Waals surface area contributed by atoms with Crippen LogP contribution in [-0.4, -0.2) is 30.0 Å². The smallest absolute Gasteiger partial charge is 0.385 e. The molecular formula is C8H5F7O3.